The molecule has 124 valence electrons. The third-order valence-corrected chi connectivity index (χ3v) is 3.44. The Bertz CT molecular complexity index is 434. The first-order chi connectivity index (χ1) is 10.5. The van der Waals surface area contributed by atoms with Crippen LogP contribution in [0.1, 0.15) is 12.0 Å². The molecule has 0 fully saturated rings. The second-order valence-electron chi connectivity index (χ2n) is 5.56. The molecular weight excluding hydrogens is 280 g/mol. The van der Waals surface area contributed by atoms with Crippen LogP contribution in [0.4, 0.5) is 0 Å². The van der Waals surface area contributed by atoms with Crippen molar-refractivity contribution in [2.24, 2.45) is 0 Å². The third-order valence-electron chi connectivity index (χ3n) is 3.44. The highest BCUT2D eigenvalue weighted by molar-refractivity contribution is 5.77. The zero-order valence-corrected chi connectivity index (χ0v) is 14.2. The van der Waals surface area contributed by atoms with Gasteiger partial charge in [0.15, 0.2) is 0 Å². The second kappa shape index (κ2) is 10.2. The van der Waals surface area contributed by atoms with Gasteiger partial charge < -0.3 is 14.4 Å². The fourth-order valence-electron chi connectivity index (χ4n) is 1.97. The summed E-state index contributed by atoms with van der Waals surface area (Å²) in [4.78, 5) is 15.8. The molecule has 0 aliphatic rings. The molecule has 0 saturated heterocycles. The van der Waals surface area contributed by atoms with Crippen molar-refractivity contribution in [3.8, 4) is 5.75 Å². The van der Waals surface area contributed by atoms with E-state index in [0.717, 1.165) is 25.3 Å². The number of carbonyl (C=O) groups excluding carboxylic acids is 1. The van der Waals surface area contributed by atoms with Gasteiger partial charge in [-0.1, -0.05) is 17.7 Å². The van der Waals surface area contributed by atoms with Crippen LogP contribution in [-0.4, -0.2) is 69.8 Å². The molecule has 22 heavy (non-hydrogen) atoms. The number of likely N-dealkylation sites (N-methyl/N-ethyl adjacent to an activating group) is 2. The number of carbonyl (C=O) groups is 1. The van der Waals surface area contributed by atoms with Crippen LogP contribution in [0, 0.1) is 6.92 Å². The number of aryl methyl sites for hydroxylation is 1. The lowest BCUT2D eigenvalue weighted by molar-refractivity contribution is -0.131. The molecular formula is C17H28N2O3. The summed E-state index contributed by atoms with van der Waals surface area (Å²) in [7, 11) is 5.45. The SMILES string of the molecule is COCCCN(C)CC(=O)N(C)CCOc1ccc(C)cc1. The molecule has 1 aromatic carbocycles. The monoisotopic (exact) mass is 308 g/mol. The number of nitrogens with zero attached hydrogens (tertiary/aromatic N) is 2. The Morgan fingerprint density at radius 2 is 1.77 bits per heavy atom. The first-order valence-electron chi connectivity index (χ1n) is 7.64. The van der Waals surface area contributed by atoms with Crippen molar-refractivity contribution in [2.75, 3.05) is 54.1 Å². The highest BCUT2D eigenvalue weighted by Gasteiger charge is 2.11. The molecule has 1 aromatic rings. The van der Waals surface area contributed by atoms with E-state index >= 15 is 0 Å². The average Bonchev–Trinajstić information content (AvgIpc) is 2.49. The molecule has 1 rings (SSSR count). The minimum Gasteiger partial charge on any atom is -0.492 e. The Balaban J connectivity index is 2.21. The number of ether oxygens (including phenoxy) is 2. The van der Waals surface area contributed by atoms with Crippen LogP contribution in [0.2, 0.25) is 0 Å². The molecule has 5 nitrogen and oxygen atoms in total. The van der Waals surface area contributed by atoms with E-state index in [-0.39, 0.29) is 5.91 Å². The molecule has 0 saturated carbocycles. The first kappa shape index (κ1) is 18.5. The predicted molar refractivity (Wildman–Crippen MR) is 88.3 cm³/mol. The van der Waals surface area contributed by atoms with E-state index in [0.29, 0.717) is 19.7 Å². The molecule has 0 N–H and O–H groups in total. The highest BCUT2D eigenvalue weighted by atomic mass is 16.5. The molecule has 0 heterocycles. The maximum absolute atomic E-state index is 12.1. The van der Waals surface area contributed by atoms with Crippen molar-refractivity contribution in [1.29, 1.82) is 0 Å². The largest absolute Gasteiger partial charge is 0.492 e. The van der Waals surface area contributed by atoms with Crippen LogP contribution in [0.3, 0.4) is 0 Å². The van der Waals surface area contributed by atoms with Gasteiger partial charge in [-0.15, -0.1) is 0 Å². The summed E-state index contributed by atoms with van der Waals surface area (Å²) in [6.07, 6.45) is 0.931. The van der Waals surface area contributed by atoms with Crippen LogP contribution in [0.15, 0.2) is 24.3 Å². The van der Waals surface area contributed by atoms with Crippen LogP contribution in [0.25, 0.3) is 0 Å². The Kier molecular flexibility index (Phi) is 8.55. The molecule has 0 unspecified atom stereocenters. The summed E-state index contributed by atoms with van der Waals surface area (Å²) in [5.41, 5.74) is 1.20. The van der Waals surface area contributed by atoms with Crippen molar-refractivity contribution in [3.05, 3.63) is 29.8 Å². The normalized spacial score (nSPS) is 10.8. The quantitative estimate of drug-likeness (QED) is 0.618. The molecule has 0 radical (unpaired) electrons. The fourth-order valence-corrected chi connectivity index (χ4v) is 1.97. The van der Waals surface area contributed by atoms with Crippen molar-refractivity contribution < 1.29 is 14.3 Å². The van der Waals surface area contributed by atoms with Gasteiger partial charge in [0.1, 0.15) is 12.4 Å². The molecule has 0 atom stereocenters. The number of hydrogen-bond donors (Lipinski definition) is 0. The second-order valence-corrected chi connectivity index (χ2v) is 5.56. The topological polar surface area (TPSA) is 42.0 Å². The smallest absolute Gasteiger partial charge is 0.236 e. The standard InChI is InChI=1S/C17H28N2O3/c1-15-6-8-16(9-7-15)22-13-11-19(3)17(20)14-18(2)10-5-12-21-4/h6-9H,5,10-14H2,1-4H3. The van der Waals surface area contributed by atoms with Gasteiger partial charge in [0.05, 0.1) is 13.1 Å². The van der Waals surface area contributed by atoms with Gasteiger partial charge in [-0.25, -0.2) is 0 Å². The van der Waals surface area contributed by atoms with Gasteiger partial charge in [-0.2, -0.15) is 0 Å². The number of benzene rings is 1. The molecule has 5 heteroatoms. The first-order valence-corrected chi connectivity index (χ1v) is 7.64. The van der Waals surface area contributed by atoms with Crippen LogP contribution >= 0.6 is 0 Å². The zero-order valence-electron chi connectivity index (χ0n) is 14.2. The molecule has 0 spiro atoms. The average molecular weight is 308 g/mol. The van der Waals surface area contributed by atoms with E-state index in [4.69, 9.17) is 9.47 Å². The maximum atomic E-state index is 12.1. The van der Waals surface area contributed by atoms with Gasteiger partial charge in [0.2, 0.25) is 5.91 Å². The summed E-state index contributed by atoms with van der Waals surface area (Å²) < 4.78 is 10.7. The summed E-state index contributed by atoms with van der Waals surface area (Å²) in [5, 5.41) is 0. The lowest BCUT2D eigenvalue weighted by atomic mass is 10.2. The third kappa shape index (κ3) is 7.43. The Labute approximate surface area is 133 Å². The highest BCUT2D eigenvalue weighted by Crippen LogP contribution is 2.11. The number of hydrogen-bond acceptors (Lipinski definition) is 4. The fraction of sp³-hybridized carbons (Fsp3) is 0.588. The van der Waals surface area contributed by atoms with E-state index < -0.39 is 0 Å². The lowest BCUT2D eigenvalue weighted by Gasteiger charge is -2.22. The van der Waals surface area contributed by atoms with Gasteiger partial charge in [-0.3, -0.25) is 9.69 Å². The summed E-state index contributed by atoms with van der Waals surface area (Å²) in [5.74, 6) is 0.940. The predicted octanol–water partition coefficient (Wildman–Crippen LogP) is 1.80. The number of amides is 1. The van der Waals surface area contributed by atoms with Crippen molar-refractivity contribution in [1.82, 2.24) is 9.80 Å². The van der Waals surface area contributed by atoms with Gasteiger partial charge in [-0.05, 0) is 32.5 Å². The molecule has 0 bridgehead atoms. The molecule has 0 aromatic heterocycles. The molecule has 1 amide bonds. The molecule has 0 aliphatic heterocycles. The summed E-state index contributed by atoms with van der Waals surface area (Å²) in [6.45, 7) is 5.12. The number of methoxy groups -OCH3 is 1. The van der Waals surface area contributed by atoms with E-state index in [1.54, 1.807) is 12.0 Å². The Morgan fingerprint density at radius 1 is 1.09 bits per heavy atom. The van der Waals surface area contributed by atoms with Crippen molar-refractivity contribution in [3.63, 3.8) is 0 Å². The van der Waals surface area contributed by atoms with Crippen LogP contribution in [-0.2, 0) is 9.53 Å². The summed E-state index contributed by atoms with van der Waals surface area (Å²) in [6, 6.07) is 7.92. The zero-order chi connectivity index (χ0) is 16.4. The van der Waals surface area contributed by atoms with E-state index in [1.165, 1.54) is 5.56 Å². The molecule has 0 aliphatic carbocycles. The lowest BCUT2D eigenvalue weighted by Crippen LogP contribution is -2.39. The van der Waals surface area contributed by atoms with Gasteiger partial charge in [0, 0.05) is 27.3 Å². The van der Waals surface area contributed by atoms with E-state index in [1.807, 2.05) is 50.2 Å². The van der Waals surface area contributed by atoms with Crippen LogP contribution in [0.5, 0.6) is 5.75 Å². The van der Waals surface area contributed by atoms with Crippen molar-refractivity contribution >= 4 is 5.91 Å². The van der Waals surface area contributed by atoms with Crippen LogP contribution < -0.4 is 4.74 Å². The van der Waals surface area contributed by atoms with Gasteiger partial charge >= 0.3 is 0 Å². The van der Waals surface area contributed by atoms with Gasteiger partial charge in [0.25, 0.3) is 0 Å². The van der Waals surface area contributed by atoms with E-state index in [2.05, 4.69) is 0 Å². The van der Waals surface area contributed by atoms with Crippen molar-refractivity contribution in [2.45, 2.75) is 13.3 Å². The Hall–Kier alpha value is -1.59. The van der Waals surface area contributed by atoms with E-state index in [9.17, 15) is 4.79 Å². The number of rotatable bonds is 10. The maximum Gasteiger partial charge on any atom is 0.236 e. The minimum absolute atomic E-state index is 0.104. The minimum atomic E-state index is 0.104. The summed E-state index contributed by atoms with van der Waals surface area (Å²) >= 11 is 0. The Morgan fingerprint density at radius 3 is 2.41 bits per heavy atom.